The summed E-state index contributed by atoms with van der Waals surface area (Å²) in [7, 11) is 1.54. The molecule has 0 aliphatic heterocycles. The Labute approximate surface area is 103 Å². The van der Waals surface area contributed by atoms with Gasteiger partial charge in [-0.05, 0) is 12.1 Å². The number of amides is 1. The van der Waals surface area contributed by atoms with E-state index in [1.54, 1.807) is 31.4 Å². The van der Waals surface area contributed by atoms with Crippen LogP contribution in [0, 0.1) is 0 Å². The fourth-order valence-corrected chi connectivity index (χ4v) is 1.32. The highest BCUT2D eigenvalue weighted by atomic mass is 16.5. The summed E-state index contributed by atoms with van der Waals surface area (Å²) in [5.41, 5.74) is 0.533. The summed E-state index contributed by atoms with van der Waals surface area (Å²) in [5, 5.41) is 12.4. The molecular weight excluding hydrogens is 236 g/mol. The molecule has 0 saturated heterocycles. The summed E-state index contributed by atoms with van der Waals surface area (Å²) in [6, 6.07) is 5.28. The van der Waals surface area contributed by atoms with Crippen LogP contribution in [0.15, 0.2) is 28.9 Å². The monoisotopic (exact) mass is 248 g/mol. The molecule has 94 valence electrons. The number of carbonyl (C=O) groups excluding carboxylic acids is 1. The van der Waals surface area contributed by atoms with Crippen molar-refractivity contribution in [3.63, 3.8) is 0 Å². The minimum Gasteiger partial charge on any atom is -0.395 e. The van der Waals surface area contributed by atoms with Crippen LogP contribution in [0.2, 0.25) is 0 Å². The molecule has 1 N–H and O–H groups in total. The van der Waals surface area contributed by atoms with Gasteiger partial charge in [0.2, 0.25) is 5.82 Å². The van der Waals surface area contributed by atoms with Crippen LogP contribution in [0.3, 0.4) is 0 Å². The van der Waals surface area contributed by atoms with Gasteiger partial charge in [0.25, 0.3) is 0 Å². The lowest BCUT2D eigenvalue weighted by Gasteiger charge is -2.11. The van der Waals surface area contributed by atoms with E-state index in [4.69, 9.17) is 9.63 Å². The molecule has 18 heavy (non-hydrogen) atoms. The van der Waals surface area contributed by atoms with Gasteiger partial charge in [-0.25, -0.2) is 0 Å². The summed E-state index contributed by atoms with van der Waals surface area (Å²) in [6.07, 6.45) is 1.60. The molecule has 0 aliphatic rings. The molecule has 7 nitrogen and oxygen atoms in total. The van der Waals surface area contributed by atoms with Crippen LogP contribution in [0.4, 0.5) is 0 Å². The third kappa shape index (κ3) is 2.51. The van der Waals surface area contributed by atoms with Crippen molar-refractivity contribution in [2.45, 2.75) is 0 Å². The van der Waals surface area contributed by atoms with Crippen molar-refractivity contribution in [1.29, 1.82) is 0 Å². The Hall–Kier alpha value is -2.28. The van der Waals surface area contributed by atoms with Gasteiger partial charge >= 0.3 is 11.8 Å². The van der Waals surface area contributed by atoms with Gasteiger partial charge in [0.05, 0.1) is 6.61 Å². The zero-order chi connectivity index (χ0) is 13.0. The average molecular weight is 248 g/mol. The molecular formula is C11H12N4O3. The number of nitrogens with zero attached hydrogens (tertiary/aromatic N) is 4. The minimum atomic E-state index is -0.432. The van der Waals surface area contributed by atoms with Crippen molar-refractivity contribution >= 4 is 5.91 Å². The first-order valence-corrected chi connectivity index (χ1v) is 5.34. The van der Waals surface area contributed by atoms with Crippen molar-refractivity contribution < 1.29 is 14.4 Å². The Morgan fingerprint density at radius 3 is 3.00 bits per heavy atom. The molecule has 2 aromatic heterocycles. The average Bonchev–Trinajstić information content (AvgIpc) is 2.89. The van der Waals surface area contributed by atoms with Crippen LogP contribution < -0.4 is 0 Å². The largest absolute Gasteiger partial charge is 0.395 e. The maximum absolute atomic E-state index is 11.8. The third-order valence-corrected chi connectivity index (χ3v) is 2.29. The van der Waals surface area contributed by atoms with Gasteiger partial charge in [0.15, 0.2) is 0 Å². The Bertz CT molecular complexity index is 526. The number of hydrogen-bond donors (Lipinski definition) is 1. The molecule has 7 heteroatoms. The molecule has 2 heterocycles. The van der Waals surface area contributed by atoms with Crippen LogP contribution in [0.5, 0.6) is 0 Å². The Balaban J connectivity index is 2.18. The van der Waals surface area contributed by atoms with Crippen LogP contribution in [0.1, 0.15) is 10.7 Å². The quantitative estimate of drug-likeness (QED) is 0.830. The smallest absolute Gasteiger partial charge is 0.316 e. The molecule has 0 bridgehead atoms. The first-order chi connectivity index (χ1) is 8.72. The molecule has 0 aliphatic carbocycles. The van der Waals surface area contributed by atoms with Crippen LogP contribution in [-0.4, -0.2) is 51.2 Å². The number of hydrogen-bond acceptors (Lipinski definition) is 6. The lowest BCUT2D eigenvalue weighted by atomic mass is 10.3. The zero-order valence-corrected chi connectivity index (χ0v) is 9.78. The summed E-state index contributed by atoms with van der Waals surface area (Å²) in [5.74, 6) is -0.290. The van der Waals surface area contributed by atoms with E-state index in [9.17, 15) is 4.79 Å². The number of aromatic nitrogens is 3. The molecule has 0 saturated carbocycles. The summed E-state index contributed by atoms with van der Waals surface area (Å²) in [4.78, 5) is 21.1. The number of rotatable bonds is 4. The predicted molar refractivity (Wildman–Crippen MR) is 61.6 cm³/mol. The SMILES string of the molecule is CN(CCO)C(=O)c1nc(-c2ccccn2)no1. The third-order valence-electron chi connectivity index (χ3n) is 2.29. The van der Waals surface area contributed by atoms with E-state index in [1.807, 2.05) is 0 Å². The van der Waals surface area contributed by atoms with Gasteiger partial charge in [-0.15, -0.1) is 0 Å². The molecule has 0 unspecified atom stereocenters. The zero-order valence-electron chi connectivity index (χ0n) is 9.78. The molecule has 0 atom stereocenters. The van der Waals surface area contributed by atoms with E-state index in [0.717, 1.165) is 0 Å². The molecule has 0 spiro atoms. The number of carbonyl (C=O) groups is 1. The highest BCUT2D eigenvalue weighted by molar-refractivity contribution is 5.89. The number of aliphatic hydroxyl groups excluding tert-OH is 1. The van der Waals surface area contributed by atoms with Crippen molar-refractivity contribution in [2.24, 2.45) is 0 Å². The van der Waals surface area contributed by atoms with E-state index in [2.05, 4.69) is 15.1 Å². The fourth-order valence-electron chi connectivity index (χ4n) is 1.32. The second kappa shape index (κ2) is 5.37. The molecule has 1 amide bonds. The lowest BCUT2D eigenvalue weighted by molar-refractivity contribution is 0.0718. The molecule has 2 aromatic rings. The molecule has 2 rings (SSSR count). The normalized spacial score (nSPS) is 10.3. The maximum Gasteiger partial charge on any atom is 0.316 e. The van der Waals surface area contributed by atoms with Crippen LogP contribution in [-0.2, 0) is 0 Å². The van der Waals surface area contributed by atoms with Gasteiger partial charge in [-0.2, -0.15) is 4.98 Å². The van der Waals surface area contributed by atoms with Crippen LogP contribution in [0.25, 0.3) is 11.5 Å². The van der Waals surface area contributed by atoms with Gasteiger partial charge in [-0.3, -0.25) is 9.78 Å². The molecule has 0 aromatic carbocycles. The van der Waals surface area contributed by atoms with Crippen molar-refractivity contribution in [3.05, 3.63) is 30.3 Å². The second-order valence-corrected chi connectivity index (χ2v) is 3.59. The van der Waals surface area contributed by atoms with Crippen LogP contribution >= 0.6 is 0 Å². The number of likely N-dealkylation sites (N-methyl/N-ethyl adjacent to an activating group) is 1. The number of pyridine rings is 1. The predicted octanol–water partition coefficient (Wildman–Crippen LogP) is 0.196. The minimum absolute atomic E-state index is 0.119. The van der Waals surface area contributed by atoms with Gasteiger partial charge < -0.3 is 14.5 Å². The van der Waals surface area contributed by atoms with E-state index < -0.39 is 5.91 Å². The lowest BCUT2D eigenvalue weighted by Crippen LogP contribution is -2.29. The van der Waals surface area contributed by atoms with Gasteiger partial charge in [0, 0.05) is 19.8 Å². The first-order valence-electron chi connectivity index (χ1n) is 5.34. The molecule has 0 fully saturated rings. The fraction of sp³-hybridized carbons (Fsp3) is 0.273. The Kier molecular flexibility index (Phi) is 3.63. The first kappa shape index (κ1) is 12.2. The summed E-state index contributed by atoms with van der Waals surface area (Å²) >= 11 is 0. The highest BCUT2D eigenvalue weighted by Gasteiger charge is 2.19. The van der Waals surface area contributed by atoms with Gasteiger partial charge in [-0.1, -0.05) is 11.2 Å². The van der Waals surface area contributed by atoms with E-state index in [0.29, 0.717) is 5.69 Å². The topological polar surface area (TPSA) is 92.3 Å². The summed E-state index contributed by atoms with van der Waals surface area (Å²) < 4.78 is 4.87. The number of aliphatic hydroxyl groups is 1. The van der Waals surface area contributed by atoms with Crippen molar-refractivity contribution in [1.82, 2.24) is 20.0 Å². The van der Waals surface area contributed by atoms with E-state index in [-0.39, 0.29) is 24.9 Å². The van der Waals surface area contributed by atoms with Crippen molar-refractivity contribution in [3.8, 4) is 11.5 Å². The highest BCUT2D eigenvalue weighted by Crippen LogP contribution is 2.12. The summed E-state index contributed by atoms with van der Waals surface area (Å²) in [6.45, 7) is 0.0869. The van der Waals surface area contributed by atoms with E-state index >= 15 is 0 Å². The Morgan fingerprint density at radius 2 is 2.33 bits per heavy atom. The van der Waals surface area contributed by atoms with E-state index in [1.165, 1.54) is 4.90 Å². The van der Waals surface area contributed by atoms with Gasteiger partial charge in [0.1, 0.15) is 5.69 Å². The second-order valence-electron chi connectivity index (χ2n) is 3.59. The standard InChI is InChI=1S/C11H12N4O3/c1-15(6-7-16)11(17)10-13-9(14-18-10)8-4-2-3-5-12-8/h2-5,16H,6-7H2,1H3. The van der Waals surface area contributed by atoms with Crippen molar-refractivity contribution in [2.75, 3.05) is 20.2 Å². The molecule has 0 radical (unpaired) electrons. The Morgan fingerprint density at radius 1 is 1.50 bits per heavy atom. The maximum atomic E-state index is 11.8.